The summed E-state index contributed by atoms with van der Waals surface area (Å²) in [6.45, 7) is 6.52. The Balaban J connectivity index is 0.000000595. The first-order chi connectivity index (χ1) is 11.1. The van der Waals surface area contributed by atoms with E-state index in [0.717, 1.165) is 35.9 Å². The van der Waals surface area contributed by atoms with Gasteiger partial charge in [-0.1, -0.05) is 40.0 Å². The van der Waals surface area contributed by atoms with Crippen molar-refractivity contribution in [3.8, 4) is 5.75 Å². The van der Waals surface area contributed by atoms with Crippen LogP contribution in [-0.2, 0) is 4.79 Å². The van der Waals surface area contributed by atoms with Crippen LogP contribution in [0.15, 0.2) is 18.2 Å². The summed E-state index contributed by atoms with van der Waals surface area (Å²) in [4.78, 5) is 12.6. The summed E-state index contributed by atoms with van der Waals surface area (Å²) in [5.41, 5.74) is 1.93. The van der Waals surface area contributed by atoms with Crippen LogP contribution in [0, 0.1) is 11.8 Å². The lowest BCUT2D eigenvalue weighted by Gasteiger charge is -2.27. The third-order valence-electron chi connectivity index (χ3n) is 4.53. The molecule has 0 amide bonds. The van der Waals surface area contributed by atoms with Gasteiger partial charge in [0.2, 0.25) is 0 Å². The van der Waals surface area contributed by atoms with Crippen LogP contribution in [0.5, 0.6) is 5.75 Å². The Morgan fingerprint density at radius 1 is 1.13 bits per heavy atom. The second-order valence-electron chi connectivity index (χ2n) is 6.70. The van der Waals surface area contributed by atoms with Crippen molar-refractivity contribution in [1.82, 2.24) is 0 Å². The Hall–Kier alpha value is -1.71. The van der Waals surface area contributed by atoms with Crippen molar-refractivity contribution >= 4 is 17.2 Å². The number of anilines is 2. The molecule has 1 saturated carbocycles. The fraction of sp³-hybridized carbons (Fsp3) is 0.632. The SMILES string of the molecule is CCC.COc1ccc2c(c1)NC(C(=O)C1CCC(C)CC1)N2. The monoisotopic (exact) mass is 318 g/mol. The number of carbonyl (C=O) groups excluding carboxylic acids is 1. The van der Waals surface area contributed by atoms with E-state index in [-0.39, 0.29) is 12.1 Å². The highest BCUT2D eigenvalue weighted by Gasteiger charge is 2.33. The van der Waals surface area contributed by atoms with Crippen LogP contribution in [0.25, 0.3) is 0 Å². The van der Waals surface area contributed by atoms with Crippen molar-refractivity contribution in [2.75, 3.05) is 17.7 Å². The summed E-state index contributed by atoms with van der Waals surface area (Å²) in [6.07, 6.45) is 5.36. The molecular weight excluding hydrogens is 288 g/mol. The molecule has 0 saturated heterocycles. The van der Waals surface area contributed by atoms with Gasteiger partial charge >= 0.3 is 0 Å². The van der Waals surface area contributed by atoms with E-state index in [9.17, 15) is 4.79 Å². The van der Waals surface area contributed by atoms with E-state index in [1.165, 1.54) is 19.3 Å². The van der Waals surface area contributed by atoms with Crippen molar-refractivity contribution < 1.29 is 9.53 Å². The van der Waals surface area contributed by atoms with Crippen molar-refractivity contribution in [2.45, 2.75) is 59.0 Å². The second kappa shape index (κ2) is 8.23. The molecule has 2 N–H and O–H groups in total. The van der Waals surface area contributed by atoms with Crippen LogP contribution in [0.3, 0.4) is 0 Å². The molecule has 1 atom stereocenters. The zero-order valence-corrected chi connectivity index (χ0v) is 14.8. The van der Waals surface area contributed by atoms with Crippen molar-refractivity contribution in [1.29, 1.82) is 0 Å². The van der Waals surface area contributed by atoms with Crippen molar-refractivity contribution in [2.24, 2.45) is 11.8 Å². The molecule has 0 aromatic heterocycles. The van der Waals surface area contributed by atoms with Crippen molar-refractivity contribution in [3.63, 3.8) is 0 Å². The third-order valence-corrected chi connectivity index (χ3v) is 4.53. The van der Waals surface area contributed by atoms with Gasteiger partial charge in [0.1, 0.15) is 5.75 Å². The molecule has 0 spiro atoms. The van der Waals surface area contributed by atoms with Gasteiger partial charge < -0.3 is 15.4 Å². The van der Waals surface area contributed by atoms with Gasteiger partial charge in [-0.15, -0.1) is 0 Å². The van der Waals surface area contributed by atoms with Gasteiger partial charge in [-0.05, 0) is 30.9 Å². The van der Waals surface area contributed by atoms with Gasteiger partial charge in [-0.2, -0.15) is 0 Å². The molecule has 4 nitrogen and oxygen atoms in total. The van der Waals surface area contributed by atoms with Crippen LogP contribution >= 0.6 is 0 Å². The maximum Gasteiger partial charge on any atom is 0.178 e. The van der Waals surface area contributed by atoms with Crippen LogP contribution < -0.4 is 15.4 Å². The van der Waals surface area contributed by atoms with Gasteiger partial charge in [-0.3, -0.25) is 4.79 Å². The maximum atomic E-state index is 12.6. The second-order valence-corrected chi connectivity index (χ2v) is 6.70. The third kappa shape index (κ3) is 4.40. The normalized spacial score (nSPS) is 25.3. The highest BCUT2D eigenvalue weighted by Crippen LogP contribution is 2.35. The minimum Gasteiger partial charge on any atom is -0.497 e. The topological polar surface area (TPSA) is 50.4 Å². The number of benzene rings is 1. The number of hydrogen-bond acceptors (Lipinski definition) is 4. The molecular formula is C19H30N2O2. The quantitative estimate of drug-likeness (QED) is 0.850. The molecule has 128 valence electrons. The van der Waals surface area contributed by atoms with Gasteiger partial charge in [-0.25, -0.2) is 0 Å². The fourth-order valence-electron chi connectivity index (χ4n) is 3.17. The Bertz CT molecular complexity index is 522. The van der Waals surface area contributed by atoms with E-state index < -0.39 is 0 Å². The van der Waals surface area contributed by atoms with E-state index in [1.807, 2.05) is 18.2 Å². The zero-order valence-electron chi connectivity index (χ0n) is 14.8. The number of methoxy groups -OCH3 is 1. The Labute approximate surface area is 140 Å². The zero-order chi connectivity index (χ0) is 16.8. The van der Waals surface area contributed by atoms with E-state index in [1.54, 1.807) is 7.11 Å². The summed E-state index contributed by atoms with van der Waals surface area (Å²) in [6, 6.07) is 5.79. The number of fused-ring (bicyclic) bond motifs is 1. The van der Waals surface area contributed by atoms with Gasteiger partial charge in [0.15, 0.2) is 11.9 Å². The molecule has 0 radical (unpaired) electrons. The number of Topliss-reactive ketones (excluding diaryl/α,β-unsaturated/α-hetero) is 1. The highest BCUT2D eigenvalue weighted by atomic mass is 16.5. The maximum absolute atomic E-state index is 12.6. The molecule has 0 bridgehead atoms. The van der Waals surface area contributed by atoms with Crippen LogP contribution in [0.2, 0.25) is 0 Å². The number of ether oxygens (including phenoxy) is 1. The summed E-state index contributed by atoms with van der Waals surface area (Å²) >= 11 is 0. The smallest absolute Gasteiger partial charge is 0.178 e. The average molecular weight is 318 g/mol. The Morgan fingerprint density at radius 3 is 2.35 bits per heavy atom. The molecule has 1 fully saturated rings. The molecule has 1 heterocycles. The Morgan fingerprint density at radius 2 is 1.74 bits per heavy atom. The van der Waals surface area contributed by atoms with Crippen LogP contribution in [-0.4, -0.2) is 19.1 Å². The first kappa shape index (κ1) is 17.6. The first-order valence-corrected chi connectivity index (χ1v) is 8.83. The van der Waals surface area contributed by atoms with Gasteiger partial charge in [0.25, 0.3) is 0 Å². The van der Waals surface area contributed by atoms with E-state index >= 15 is 0 Å². The number of rotatable bonds is 3. The lowest BCUT2D eigenvalue weighted by Crippen LogP contribution is -2.38. The molecule has 1 aromatic carbocycles. The van der Waals surface area contributed by atoms with Crippen molar-refractivity contribution in [3.05, 3.63) is 18.2 Å². The number of nitrogens with one attached hydrogen (secondary N) is 2. The molecule has 1 aromatic rings. The minimum atomic E-state index is -0.282. The predicted octanol–water partition coefficient (Wildman–Crippen LogP) is 4.67. The molecule has 23 heavy (non-hydrogen) atoms. The lowest BCUT2D eigenvalue weighted by molar-refractivity contribution is -0.124. The minimum absolute atomic E-state index is 0.201. The molecule has 1 unspecified atom stereocenters. The molecule has 3 rings (SSSR count). The number of carbonyl (C=O) groups is 1. The standard InChI is InChI=1S/C16H22N2O2.C3H8/c1-10-3-5-11(6-4-10)15(19)16-17-13-8-7-12(20-2)9-14(13)18-16;1-3-2/h7-11,16-18H,3-6H2,1-2H3;3H2,1-2H3. The van der Waals surface area contributed by atoms with Crippen LogP contribution in [0.4, 0.5) is 11.4 Å². The summed E-state index contributed by atoms with van der Waals surface area (Å²) in [5, 5.41) is 6.55. The van der Waals surface area contributed by atoms with Crippen LogP contribution in [0.1, 0.15) is 52.9 Å². The first-order valence-electron chi connectivity index (χ1n) is 8.83. The predicted molar refractivity (Wildman–Crippen MR) is 96.1 cm³/mol. The Kier molecular flexibility index (Phi) is 6.31. The number of ketones is 1. The van der Waals surface area contributed by atoms with E-state index in [4.69, 9.17) is 4.74 Å². The fourth-order valence-corrected chi connectivity index (χ4v) is 3.17. The summed E-state index contributed by atoms with van der Waals surface area (Å²) in [7, 11) is 1.65. The van der Waals surface area contributed by atoms with E-state index in [0.29, 0.717) is 5.78 Å². The van der Waals surface area contributed by atoms with Gasteiger partial charge in [0, 0.05) is 12.0 Å². The van der Waals surface area contributed by atoms with E-state index in [2.05, 4.69) is 31.4 Å². The molecule has 1 aliphatic heterocycles. The number of hydrogen-bond donors (Lipinski definition) is 2. The highest BCUT2D eigenvalue weighted by molar-refractivity contribution is 5.95. The summed E-state index contributed by atoms with van der Waals surface area (Å²) < 4.78 is 5.21. The largest absolute Gasteiger partial charge is 0.497 e. The molecule has 2 aliphatic rings. The molecule has 1 aliphatic carbocycles. The van der Waals surface area contributed by atoms with Gasteiger partial charge in [0.05, 0.1) is 18.5 Å². The molecule has 4 heteroatoms. The summed E-state index contributed by atoms with van der Waals surface area (Å²) in [5.74, 6) is 2.07. The lowest BCUT2D eigenvalue weighted by atomic mass is 9.80. The average Bonchev–Trinajstić information content (AvgIpc) is 2.98.